The Morgan fingerprint density at radius 2 is 2.00 bits per heavy atom. The average molecular weight is 377 g/mol. The molecule has 1 fully saturated rings. The summed E-state index contributed by atoms with van der Waals surface area (Å²) in [6.45, 7) is 5.11. The maximum absolute atomic E-state index is 13.0. The normalized spacial score (nSPS) is 17.7. The van der Waals surface area contributed by atoms with Crippen LogP contribution >= 0.6 is 0 Å². The predicted octanol–water partition coefficient (Wildman–Crippen LogP) is 3.42. The number of likely N-dealkylation sites (N-methyl/N-ethyl adjacent to an activating group) is 1. The Morgan fingerprint density at radius 1 is 1.18 bits per heavy atom. The molecule has 1 aromatic carbocycles. The molecule has 0 bridgehead atoms. The predicted molar refractivity (Wildman–Crippen MR) is 112 cm³/mol. The van der Waals surface area contributed by atoms with Crippen LogP contribution in [0.3, 0.4) is 0 Å². The zero-order valence-electron chi connectivity index (χ0n) is 16.7. The summed E-state index contributed by atoms with van der Waals surface area (Å²) < 4.78 is 1.98. The summed E-state index contributed by atoms with van der Waals surface area (Å²) in [5.41, 5.74) is 3.80. The summed E-state index contributed by atoms with van der Waals surface area (Å²) in [6, 6.07) is 16.8. The van der Waals surface area contributed by atoms with Crippen molar-refractivity contribution in [2.24, 2.45) is 0 Å². The van der Waals surface area contributed by atoms with Crippen molar-refractivity contribution in [2.45, 2.75) is 32.2 Å². The highest BCUT2D eigenvalue weighted by Gasteiger charge is 2.27. The van der Waals surface area contributed by atoms with Gasteiger partial charge in [-0.1, -0.05) is 36.4 Å². The summed E-state index contributed by atoms with van der Waals surface area (Å²) in [7, 11) is 1.92. The van der Waals surface area contributed by atoms with E-state index in [1.54, 1.807) is 0 Å². The smallest absolute Gasteiger partial charge is 0.274 e. The Kier molecular flexibility index (Phi) is 5.44. The van der Waals surface area contributed by atoms with E-state index < -0.39 is 0 Å². The number of hydrogen-bond acceptors (Lipinski definition) is 3. The van der Waals surface area contributed by atoms with Crippen LogP contribution in [0.4, 0.5) is 0 Å². The molecule has 0 aliphatic carbocycles. The molecule has 1 amide bonds. The van der Waals surface area contributed by atoms with E-state index in [0.717, 1.165) is 50.2 Å². The van der Waals surface area contributed by atoms with Gasteiger partial charge in [-0.05, 0) is 50.4 Å². The van der Waals surface area contributed by atoms with Crippen LogP contribution in [-0.4, -0.2) is 57.8 Å². The molecule has 1 aliphatic rings. The molecular formula is C23H28N4O. The molecule has 5 heteroatoms. The lowest BCUT2D eigenvalue weighted by Crippen LogP contribution is -2.49. The van der Waals surface area contributed by atoms with Crippen molar-refractivity contribution in [2.75, 3.05) is 26.7 Å². The van der Waals surface area contributed by atoms with Gasteiger partial charge in [0, 0.05) is 38.1 Å². The number of benzene rings is 1. The fourth-order valence-corrected chi connectivity index (χ4v) is 4.08. The van der Waals surface area contributed by atoms with Gasteiger partial charge in [0.25, 0.3) is 5.91 Å². The van der Waals surface area contributed by atoms with Crippen molar-refractivity contribution in [3.05, 3.63) is 71.7 Å². The van der Waals surface area contributed by atoms with Crippen LogP contribution in [0.1, 0.15) is 34.6 Å². The van der Waals surface area contributed by atoms with E-state index in [1.165, 1.54) is 5.56 Å². The highest BCUT2D eigenvalue weighted by molar-refractivity contribution is 5.93. The first kappa shape index (κ1) is 18.7. The van der Waals surface area contributed by atoms with Crippen molar-refractivity contribution in [1.82, 2.24) is 19.2 Å². The number of hydrogen-bond donors (Lipinski definition) is 0. The monoisotopic (exact) mass is 376 g/mol. The third kappa shape index (κ3) is 3.94. The SMILES string of the molecule is Cc1cccc2nc(C(=O)N(C)[C@H]3CCCN(CCc4ccccc4)C3)cn12. The molecule has 0 saturated carbocycles. The minimum Gasteiger partial charge on any atom is -0.336 e. The van der Waals surface area contributed by atoms with Gasteiger partial charge in [0.05, 0.1) is 0 Å². The molecule has 0 radical (unpaired) electrons. The number of rotatable bonds is 5. The number of piperidine rings is 1. The fraction of sp³-hybridized carbons (Fsp3) is 0.391. The number of carbonyl (C=O) groups is 1. The van der Waals surface area contributed by atoms with Gasteiger partial charge in [-0.2, -0.15) is 0 Å². The summed E-state index contributed by atoms with van der Waals surface area (Å²) in [6.07, 6.45) is 5.09. The molecule has 5 nitrogen and oxygen atoms in total. The maximum atomic E-state index is 13.0. The van der Waals surface area contributed by atoms with E-state index in [2.05, 4.69) is 40.2 Å². The molecule has 3 aromatic rings. The number of likely N-dealkylation sites (tertiary alicyclic amines) is 1. The molecule has 0 N–H and O–H groups in total. The van der Waals surface area contributed by atoms with Gasteiger partial charge in [0.15, 0.2) is 0 Å². The van der Waals surface area contributed by atoms with Crippen LogP contribution in [0.15, 0.2) is 54.7 Å². The number of amides is 1. The average Bonchev–Trinajstić information content (AvgIpc) is 3.18. The largest absolute Gasteiger partial charge is 0.336 e. The van der Waals surface area contributed by atoms with Gasteiger partial charge in [-0.15, -0.1) is 0 Å². The lowest BCUT2D eigenvalue weighted by atomic mass is 10.0. The van der Waals surface area contributed by atoms with Crippen LogP contribution in [0.25, 0.3) is 5.65 Å². The number of nitrogens with zero attached hydrogens (tertiary/aromatic N) is 4. The summed E-state index contributed by atoms with van der Waals surface area (Å²) in [5.74, 6) is 0.0120. The number of aromatic nitrogens is 2. The number of pyridine rings is 1. The molecule has 146 valence electrons. The zero-order valence-corrected chi connectivity index (χ0v) is 16.7. The Balaban J connectivity index is 1.40. The Hall–Kier alpha value is -2.66. The number of carbonyl (C=O) groups excluding carboxylic acids is 1. The van der Waals surface area contributed by atoms with Crippen molar-refractivity contribution < 1.29 is 4.79 Å². The van der Waals surface area contributed by atoms with Gasteiger partial charge in [0.1, 0.15) is 11.3 Å². The minimum absolute atomic E-state index is 0.0120. The third-order valence-electron chi connectivity index (χ3n) is 5.82. The van der Waals surface area contributed by atoms with Crippen LogP contribution < -0.4 is 0 Å². The van der Waals surface area contributed by atoms with Gasteiger partial charge in [0.2, 0.25) is 0 Å². The first-order valence-electron chi connectivity index (χ1n) is 10.1. The standard InChI is InChI=1S/C23H28N4O/c1-18-8-6-12-22-24-21(17-27(18)22)23(28)25(2)20-11-7-14-26(16-20)15-13-19-9-4-3-5-10-19/h3-6,8-10,12,17,20H,7,11,13-16H2,1-2H3/t20-/m0/s1. The first-order chi connectivity index (χ1) is 13.6. The highest BCUT2D eigenvalue weighted by atomic mass is 16.2. The van der Waals surface area contributed by atoms with Gasteiger partial charge in [-0.3, -0.25) is 4.79 Å². The van der Waals surface area contributed by atoms with Crippen LogP contribution in [-0.2, 0) is 6.42 Å². The minimum atomic E-state index is 0.0120. The zero-order chi connectivity index (χ0) is 19.5. The molecule has 28 heavy (non-hydrogen) atoms. The van der Waals surface area contributed by atoms with Crippen LogP contribution in [0, 0.1) is 6.92 Å². The highest BCUT2D eigenvalue weighted by Crippen LogP contribution is 2.18. The lowest BCUT2D eigenvalue weighted by Gasteiger charge is -2.37. The number of fused-ring (bicyclic) bond motifs is 1. The Bertz CT molecular complexity index is 950. The van der Waals surface area contributed by atoms with Crippen molar-refractivity contribution in [3.63, 3.8) is 0 Å². The molecule has 0 spiro atoms. The second kappa shape index (κ2) is 8.15. The fourth-order valence-electron chi connectivity index (χ4n) is 4.08. The quantitative estimate of drug-likeness (QED) is 0.685. The second-order valence-electron chi connectivity index (χ2n) is 7.77. The van der Waals surface area contributed by atoms with E-state index in [9.17, 15) is 4.79 Å². The Labute approximate surface area is 166 Å². The van der Waals surface area contributed by atoms with E-state index >= 15 is 0 Å². The summed E-state index contributed by atoms with van der Waals surface area (Å²) >= 11 is 0. The molecular weight excluding hydrogens is 348 g/mol. The van der Waals surface area contributed by atoms with Crippen molar-refractivity contribution in [1.29, 1.82) is 0 Å². The third-order valence-corrected chi connectivity index (χ3v) is 5.82. The molecule has 0 unspecified atom stereocenters. The molecule has 2 aromatic heterocycles. The summed E-state index contributed by atoms with van der Waals surface area (Å²) in [4.78, 5) is 22.0. The lowest BCUT2D eigenvalue weighted by molar-refractivity contribution is 0.0614. The summed E-state index contributed by atoms with van der Waals surface area (Å²) in [5, 5.41) is 0. The topological polar surface area (TPSA) is 40.9 Å². The van der Waals surface area contributed by atoms with Gasteiger partial charge in [-0.25, -0.2) is 4.98 Å². The van der Waals surface area contributed by atoms with E-state index in [1.807, 2.05) is 47.7 Å². The van der Waals surface area contributed by atoms with Crippen LogP contribution in [0.5, 0.6) is 0 Å². The van der Waals surface area contributed by atoms with E-state index in [0.29, 0.717) is 5.69 Å². The molecule has 3 heterocycles. The molecule has 1 aliphatic heterocycles. The van der Waals surface area contributed by atoms with Crippen LogP contribution in [0.2, 0.25) is 0 Å². The first-order valence-corrected chi connectivity index (χ1v) is 10.1. The van der Waals surface area contributed by atoms with Gasteiger partial charge < -0.3 is 14.2 Å². The van der Waals surface area contributed by atoms with E-state index in [-0.39, 0.29) is 11.9 Å². The maximum Gasteiger partial charge on any atom is 0.274 e. The van der Waals surface area contributed by atoms with E-state index in [4.69, 9.17) is 0 Å². The second-order valence-corrected chi connectivity index (χ2v) is 7.77. The van der Waals surface area contributed by atoms with Crippen molar-refractivity contribution in [3.8, 4) is 0 Å². The number of aryl methyl sites for hydroxylation is 1. The number of imidazole rings is 1. The Morgan fingerprint density at radius 3 is 2.79 bits per heavy atom. The van der Waals surface area contributed by atoms with Gasteiger partial charge >= 0.3 is 0 Å². The van der Waals surface area contributed by atoms with Crippen molar-refractivity contribution >= 4 is 11.6 Å². The molecule has 4 rings (SSSR count). The molecule has 1 saturated heterocycles. The molecule has 1 atom stereocenters.